The molecule has 0 heterocycles. The third-order valence-electron chi connectivity index (χ3n) is 2.16. The zero-order valence-electron chi connectivity index (χ0n) is 9.37. The van der Waals surface area contributed by atoms with Crippen molar-refractivity contribution in [3.05, 3.63) is 34.3 Å². The van der Waals surface area contributed by atoms with Crippen molar-refractivity contribution in [1.82, 2.24) is 5.32 Å². The van der Waals surface area contributed by atoms with Crippen molar-refractivity contribution in [2.45, 2.75) is 18.6 Å². The zero-order valence-corrected chi connectivity index (χ0v) is 11.0. The van der Waals surface area contributed by atoms with Crippen LogP contribution in [0, 0.1) is 0 Å². The number of rotatable bonds is 4. The van der Waals surface area contributed by atoms with Gasteiger partial charge in [-0.2, -0.15) is 13.2 Å². The summed E-state index contributed by atoms with van der Waals surface area (Å²) >= 11 is 3.05. The highest BCUT2D eigenvalue weighted by atomic mass is 79.9. The van der Waals surface area contributed by atoms with E-state index in [1.807, 2.05) is 5.32 Å². The van der Waals surface area contributed by atoms with Crippen LogP contribution in [0.4, 0.5) is 13.2 Å². The minimum absolute atomic E-state index is 0.0657. The molecule has 1 amide bonds. The summed E-state index contributed by atoms with van der Waals surface area (Å²) in [4.78, 5) is 22.4. The highest BCUT2D eigenvalue weighted by Crippen LogP contribution is 2.22. The third kappa shape index (κ3) is 4.90. The molecule has 2 N–H and O–H groups in total. The molecule has 1 rings (SSSR count). The Hall–Kier alpha value is -1.57. The van der Waals surface area contributed by atoms with Crippen LogP contribution in [0.2, 0.25) is 0 Å². The first-order valence-corrected chi connectivity index (χ1v) is 5.85. The normalized spacial score (nSPS) is 12.8. The molecule has 1 unspecified atom stereocenters. The van der Waals surface area contributed by atoms with Crippen LogP contribution < -0.4 is 5.32 Å². The maximum Gasteiger partial charge on any atom is 0.391 e. The van der Waals surface area contributed by atoms with E-state index in [0.29, 0.717) is 4.47 Å². The molecule has 0 aliphatic heterocycles. The first-order chi connectivity index (χ1) is 8.70. The van der Waals surface area contributed by atoms with Crippen molar-refractivity contribution in [1.29, 1.82) is 0 Å². The molecule has 0 bridgehead atoms. The third-order valence-corrected chi connectivity index (χ3v) is 2.85. The van der Waals surface area contributed by atoms with Gasteiger partial charge in [-0.1, -0.05) is 12.1 Å². The van der Waals surface area contributed by atoms with Gasteiger partial charge in [0.2, 0.25) is 0 Å². The Morgan fingerprint density at radius 3 is 2.37 bits per heavy atom. The Labute approximate surface area is 114 Å². The number of carboxylic acids is 1. The lowest BCUT2D eigenvalue weighted by Crippen LogP contribution is -2.43. The largest absolute Gasteiger partial charge is 0.480 e. The number of carbonyl (C=O) groups excluding carboxylic acids is 1. The number of carboxylic acid groups (broad SMARTS) is 1. The van der Waals surface area contributed by atoms with E-state index in [0.717, 1.165) is 0 Å². The maximum atomic E-state index is 12.2. The molecule has 0 fully saturated rings. The van der Waals surface area contributed by atoms with Gasteiger partial charge < -0.3 is 10.4 Å². The standard InChI is InChI=1S/C11H9BrF3NO3/c12-7-4-2-1-3-6(7)9(17)16-8(10(18)19)5-11(13,14)15/h1-4,8H,5H2,(H,16,17)(H,18,19). The van der Waals surface area contributed by atoms with Crippen LogP contribution >= 0.6 is 15.9 Å². The molecular weight excluding hydrogens is 331 g/mol. The number of hydrogen-bond donors (Lipinski definition) is 2. The SMILES string of the molecule is O=C(NC(CC(F)(F)F)C(=O)O)c1ccccc1Br. The molecule has 0 aliphatic carbocycles. The van der Waals surface area contributed by atoms with Crippen molar-refractivity contribution >= 4 is 27.8 Å². The lowest BCUT2D eigenvalue weighted by Gasteiger charge is -2.16. The minimum atomic E-state index is -4.68. The van der Waals surface area contributed by atoms with Crippen LogP contribution in [-0.2, 0) is 4.79 Å². The molecule has 0 saturated heterocycles. The second-order valence-corrected chi connectivity index (χ2v) is 4.52. The molecule has 4 nitrogen and oxygen atoms in total. The van der Waals surface area contributed by atoms with E-state index in [1.54, 1.807) is 6.07 Å². The van der Waals surface area contributed by atoms with Gasteiger partial charge in [-0.15, -0.1) is 0 Å². The fraction of sp³-hybridized carbons (Fsp3) is 0.273. The molecule has 104 valence electrons. The number of carbonyl (C=O) groups is 2. The quantitative estimate of drug-likeness (QED) is 0.885. The van der Waals surface area contributed by atoms with Crippen LogP contribution in [0.5, 0.6) is 0 Å². The molecule has 19 heavy (non-hydrogen) atoms. The van der Waals surface area contributed by atoms with Crippen LogP contribution in [0.1, 0.15) is 16.8 Å². The van der Waals surface area contributed by atoms with Crippen molar-refractivity contribution in [3.8, 4) is 0 Å². The average molecular weight is 340 g/mol. The van der Waals surface area contributed by atoms with E-state index in [2.05, 4.69) is 15.9 Å². The summed E-state index contributed by atoms with van der Waals surface area (Å²) in [5.41, 5.74) is 0.0657. The fourth-order valence-electron chi connectivity index (χ4n) is 1.31. The Bertz CT molecular complexity index is 490. The van der Waals surface area contributed by atoms with E-state index in [4.69, 9.17) is 5.11 Å². The minimum Gasteiger partial charge on any atom is -0.480 e. The molecule has 0 radical (unpaired) electrons. The van der Waals surface area contributed by atoms with Crippen LogP contribution in [0.3, 0.4) is 0 Å². The van der Waals surface area contributed by atoms with Gasteiger partial charge in [0.25, 0.3) is 5.91 Å². The first-order valence-electron chi connectivity index (χ1n) is 5.05. The summed E-state index contributed by atoms with van der Waals surface area (Å²) in [7, 11) is 0. The molecule has 0 spiro atoms. The van der Waals surface area contributed by atoms with Crippen molar-refractivity contribution in [2.75, 3.05) is 0 Å². The predicted octanol–water partition coefficient (Wildman–Crippen LogP) is 2.58. The van der Waals surface area contributed by atoms with E-state index in [-0.39, 0.29) is 5.56 Å². The zero-order chi connectivity index (χ0) is 14.6. The van der Waals surface area contributed by atoms with Gasteiger partial charge in [0.05, 0.1) is 12.0 Å². The van der Waals surface area contributed by atoms with Crippen molar-refractivity contribution in [3.63, 3.8) is 0 Å². The van der Waals surface area contributed by atoms with Gasteiger partial charge in [-0.3, -0.25) is 4.79 Å². The van der Waals surface area contributed by atoms with Crippen LogP contribution in [0.25, 0.3) is 0 Å². The Morgan fingerprint density at radius 2 is 1.89 bits per heavy atom. The smallest absolute Gasteiger partial charge is 0.391 e. The predicted molar refractivity (Wildman–Crippen MR) is 63.7 cm³/mol. The maximum absolute atomic E-state index is 12.2. The molecule has 0 aromatic heterocycles. The summed E-state index contributed by atoms with van der Waals surface area (Å²) < 4.78 is 36.9. The summed E-state index contributed by atoms with van der Waals surface area (Å²) in [6.07, 6.45) is -6.30. The van der Waals surface area contributed by atoms with Gasteiger partial charge in [0.1, 0.15) is 6.04 Å². The number of nitrogens with one attached hydrogen (secondary N) is 1. The summed E-state index contributed by atoms with van der Waals surface area (Å²) in [6, 6.07) is 4.00. The average Bonchev–Trinajstić information content (AvgIpc) is 2.26. The molecule has 0 aliphatic rings. The number of alkyl halides is 3. The van der Waals surface area contributed by atoms with Gasteiger partial charge in [0, 0.05) is 4.47 Å². The van der Waals surface area contributed by atoms with E-state index in [1.165, 1.54) is 18.2 Å². The molecular formula is C11H9BrF3NO3. The molecule has 0 saturated carbocycles. The number of hydrogen-bond acceptors (Lipinski definition) is 2. The van der Waals surface area contributed by atoms with Crippen LogP contribution in [-0.4, -0.2) is 29.2 Å². The Kier molecular flexibility index (Phi) is 4.93. The van der Waals surface area contributed by atoms with Gasteiger partial charge in [-0.05, 0) is 28.1 Å². The Morgan fingerprint density at radius 1 is 1.32 bits per heavy atom. The molecule has 1 aromatic rings. The van der Waals surface area contributed by atoms with E-state index >= 15 is 0 Å². The number of aliphatic carboxylic acids is 1. The van der Waals surface area contributed by atoms with E-state index < -0.39 is 30.5 Å². The van der Waals surface area contributed by atoms with Crippen molar-refractivity contribution < 1.29 is 27.9 Å². The fourth-order valence-corrected chi connectivity index (χ4v) is 1.78. The van der Waals surface area contributed by atoms with E-state index in [9.17, 15) is 22.8 Å². The molecule has 1 aromatic carbocycles. The molecule has 8 heteroatoms. The summed E-state index contributed by atoms with van der Waals surface area (Å²) in [6.45, 7) is 0. The molecule has 1 atom stereocenters. The van der Waals surface area contributed by atoms with Crippen LogP contribution in [0.15, 0.2) is 28.7 Å². The second-order valence-electron chi connectivity index (χ2n) is 3.66. The summed E-state index contributed by atoms with van der Waals surface area (Å²) in [5.74, 6) is -2.62. The summed E-state index contributed by atoms with van der Waals surface area (Å²) in [5, 5.41) is 10.5. The number of benzene rings is 1. The van der Waals surface area contributed by atoms with Gasteiger partial charge >= 0.3 is 12.1 Å². The van der Waals surface area contributed by atoms with Gasteiger partial charge in [0.15, 0.2) is 0 Å². The lowest BCUT2D eigenvalue weighted by molar-refractivity contribution is -0.157. The first kappa shape index (κ1) is 15.5. The monoisotopic (exact) mass is 339 g/mol. The topological polar surface area (TPSA) is 66.4 Å². The number of amides is 1. The highest BCUT2D eigenvalue weighted by Gasteiger charge is 2.36. The highest BCUT2D eigenvalue weighted by molar-refractivity contribution is 9.10. The number of halogens is 4. The Balaban J connectivity index is 2.83. The lowest BCUT2D eigenvalue weighted by atomic mass is 10.1. The second kappa shape index (κ2) is 6.05. The van der Waals surface area contributed by atoms with Crippen molar-refractivity contribution in [2.24, 2.45) is 0 Å². The van der Waals surface area contributed by atoms with Gasteiger partial charge in [-0.25, -0.2) is 4.79 Å².